The zero-order chi connectivity index (χ0) is 32.8. The molecule has 0 amide bonds. The van der Waals surface area contributed by atoms with Crippen LogP contribution in [0.4, 0.5) is 5.69 Å². The van der Waals surface area contributed by atoms with Gasteiger partial charge in [0.15, 0.2) is 0 Å². The normalized spacial score (nSPS) is 13.4. The second-order valence-electron chi connectivity index (χ2n) is 11.7. The Morgan fingerprint density at radius 2 is 1.32 bits per heavy atom. The maximum absolute atomic E-state index is 11.3. The maximum Gasteiger partial charge on any atom is 0.335 e. The largest absolute Gasteiger partial charge is 0.493 e. The van der Waals surface area contributed by atoms with Gasteiger partial charge in [-0.3, -0.25) is 9.80 Å². The summed E-state index contributed by atoms with van der Waals surface area (Å²) >= 11 is 0. The van der Waals surface area contributed by atoms with Crippen molar-refractivity contribution in [2.75, 3.05) is 63.9 Å². The molecule has 4 aromatic rings. The first-order valence-corrected chi connectivity index (χ1v) is 16.2. The van der Waals surface area contributed by atoms with Crippen molar-refractivity contribution in [2.45, 2.75) is 19.4 Å². The second-order valence-corrected chi connectivity index (χ2v) is 11.7. The van der Waals surface area contributed by atoms with Crippen molar-refractivity contribution in [3.63, 3.8) is 0 Å². The molecule has 0 aromatic heterocycles. The monoisotopic (exact) mass is 637 g/mol. The van der Waals surface area contributed by atoms with Gasteiger partial charge in [0.25, 0.3) is 0 Å². The van der Waals surface area contributed by atoms with Crippen molar-refractivity contribution in [1.82, 2.24) is 9.80 Å². The molecule has 0 unspecified atom stereocenters. The SMILES string of the molecule is O=C(O)c1ccc(CN(CCOc2ccc(C(=O)O)cc2)CCc2ccccc2OCCCN2CCN(c3ccccc3)CC2)cc1. The van der Waals surface area contributed by atoms with E-state index in [-0.39, 0.29) is 11.1 Å². The first kappa shape index (κ1) is 33.5. The molecule has 1 saturated heterocycles. The number of hydrogen-bond acceptors (Lipinski definition) is 7. The van der Waals surface area contributed by atoms with E-state index in [9.17, 15) is 14.7 Å². The Morgan fingerprint density at radius 1 is 0.681 bits per heavy atom. The minimum atomic E-state index is -0.974. The number of carboxylic acids is 2. The summed E-state index contributed by atoms with van der Waals surface area (Å²) in [6, 6.07) is 32.1. The molecular weight excluding hydrogens is 594 g/mol. The van der Waals surface area contributed by atoms with Crippen molar-refractivity contribution in [3.05, 3.63) is 125 Å². The van der Waals surface area contributed by atoms with Crippen LogP contribution in [0.1, 0.15) is 38.3 Å². The molecule has 0 spiro atoms. The Balaban J connectivity index is 1.11. The number of rotatable bonds is 17. The van der Waals surface area contributed by atoms with E-state index in [1.807, 2.05) is 30.3 Å². The lowest BCUT2D eigenvalue weighted by atomic mass is 10.1. The molecule has 0 aliphatic carbocycles. The summed E-state index contributed by atoms with van der Waals surface area (Å²) in [6.07, 6.45) is 1.74. The number of ether oxygens (including phenoxy) is 2. The third-order valence-corrected chi connectivity index (χ3v) is 8.42. The Bertz CT molecular complexity index is 1550. The molecule has 5 rings (SSSR count). The average Bonchev–Trinajstić information content (AvgIpc) is 3.10. The molecule has 0 atom stereocenters. The fourth-order valence-electron chi connectivity index (χ4n) is 5.74. The number of aromatic carboxylic acids is 2. The summed E-state index contributed by atoms with van der Waals surface area (Å²) in [7, 11) is 0. The molecule has 0 bridgehead atoms. The van der Waals surface area contributed by atoms with Crippen LogP contribution in [0, 0.1) is 0 Å². The predicted octanol–water partition coefficient (Wildman–Crippen LogP) is 5.80. The van der Waals surface area contributed by atoms with Crippen molar-refractivity contribution >= 4 is 17.6 Å². The van der Waals surface area contributed by atoms with E-state index >= 15 is 0 Å². The quantitative estimate of drug-likeness (QED) is 0.139. The van der Waals surface area contributed by atoms with Crippen molar-refractivity contribution < 1.29 is 29.3 Å². The number of hydrogen-bond donors (Lipinski definition) is 2. The summed E-state index contributed by atoms with van der Waals surface area (Å²) in [6.45, 7) is 8.26. The molecular formula is C38H43N3O6. The number of carbonyl (C=O) groups is 2. The van der Waals surface area contributed by atoms with E-state index in [1.165, 1.54) is 17.8 Å². The van der Waals surface area contributed by atoms with Gasteiger partial charge >= 0.3 is 11.9 Å². The minimum Gasteiger partial charge on any atom is -0.493 e. The van der Waals surface area contributed by atoms with Crippen LogP contribution in [0.3, 0.4) is 0 Å². The fourth-order valence-corrected chi connectivity index (χ4v) is 5.74. The van der Waals surface area contributed by atoms with Crippen LogP contribution < -0.4 is 14.4 Å². The van der Waals surface area contributed by atoms with Crippen molar-refractivity contribution in [2.24, 2.45) is 0 Å². The van der Waals surface area contributed by atoms with Gasteiger partial charge in [-0.25, -0.2) is 9.59 Å². The fraction of sp³-hybridized carbons (Fsp3) is 0.316. The van der Waals surface area contributed by atoms with Crippen LogP contribution in [0.15, 0.2) is 103 Å². The van der Waals surface area contributed by atoms with Gasteiger partial charge in [0.2, 0.25) is 0 Å². The molecule has 246 valence electrons. The van der Waals surface area contributed by atoms with Gasteiger partial charge in [0, 0.05) is 58.0 Å². The van der Waals surface area contributed by atoms with Gasteiger partial charge in [-0.15, -0.1) is 0 Å². The molecule has 2 N–H and O–H groups in total. The summed E-state index contributed by atoms with van der Waals surface area (Å²) in [5, 5.41) is 18.4. The van der Waals surface area contributed by atoms with Gasteiger partial charge in [-0.2, -0.15) is 0 Å². The minimum absolute atomic E-state index is 0.214. The molecule has 47 heavy (non-hydrogen) atoms. The number of para-hydroxylation sites is 2. The molecule has 9 heteroatoms. The van der Waals surface area contributed by atoms with E-state index < -0.39 is 11.9 Å². The van der Waals surface area contributed by atoms with Crippen LogP contribution in [0.25, 0.3) is 0 Å². The third kappa shape index (κ3) is 10.3. The molecule has 0 saturated carbocycles. The number of piperazine rings is 1. The van der Waals surface area contributed by atoms with Gasteiger partial charge in [-0.05, 0) is 78.6 Å². The van der Waals surface area contributed by atoms with Crippen molar-refractivity contribution in [3.8, 4) is 11.5 Å². The Labute approximate surface area is 276 Å². The first-order chi connectivity index (χ1) is 22.9. The van der Waals surface area contributed by atoms with E-state index in [4.69, 9.17) is 14.6 Å². The molecule has 4 aromatic carbocycles. The van der Waals surface area contributed by atoms with Crippen LogP contribution in [-0.2, 0) is 13.0 Å². The summed E-state index contributed by atoms with van der Waals surface area (Å²) in [4.78, 5) is 29.7. The molecule has 1 fully saturated rings. The first-order valence-electron chi connectivity index (χ1n) is 16.2. The lowest BCUT2D eigenvalue weighted by Gasteiger charge is -2.36. The van der Waals surface area contributed by atoms with Crippen LogP contribution in [0.5, 0.6) is 11.5 Å². The highest BCUT2D eigenvalue weighted by atomic mass is 16.5. The topological polar surface area (TPSA) is 103 Å². The van der Waals surface area contributed by atoms with Gasteiger partial charge in [0.05, 0.1) is 17.7 Å². The lowest BCUT2D eigenvalue weighted by molar-refractivity contribution is 0.0686. The second kappa shape index (κ2) is 17.2. The number of carboxylic acid groups (broad SMARTS) is 2. The predicted molar refractivity (Wildman–Crippen MR) is 183 cm³/mol. The standard InChI is InChI=1S/C38H43N3O6/c42-37(43)32-13-11-30(12-14-32)29-40(26-28-46-35-17-15-33(16-18-35)38(44)45)21-19-31-7-4-5-10-36(31)47-27-6-20-39-22-24-41(25-23-39)34-8-2-1-3-9-34/h1-5,7-18H,6,19-29H2,(H,42,43)(H,44,45). The smallest absolute Gasteiger partial charge is 0.335 e. The maximum atomic E-state index is 11.3. The average molecular weight is 638 g/mol. The highest BCUT2D eigenvalue weighted by Gasteiger charge is 2.17. The van der Waals surface area contributed by atoms with Crippen LogP contribution in [0.2, 0.25) is 0 Å². The zero-order valence-corrected chi connectivity index (χ0v) is 26.7. The summed E-state index contributed by atoms with van der Waals surface area (Å²) in [5.41, 5.74) is 3.91. The zero-order valence-electron chi connectivity index (χ0n) is 26.7. The summed E-state index contributed by atoms with van der Waals surface area (Å²) < 4.78 is 12.2. The molecule has 9 nitrogen and oxygen atoms in total. The van der Waals surface area contributed by atoms with E-state index in [1.54, 1.807) is 24.3 Å². The molecule has 1 heterocycles. The van der Waals surface area contributed by atoms with Crippen LogP contribution >= 0.6 is 0 Å². The molecule has 0 radical (unpaired) electrons. The molecule has 1 aliphatic rings. The third-order valence-electron chi connectivity index (χ3n) is 8.42. The number of nitrogens with zero attached hydrogens (tertiary/aromatic N) is 3. The highest BCUT2D eigenvalue weighted by Crippen LogP contribution is 2.21. The van der Waals surface area contributed by atoms with Gasteiger partial charge in [0.1, 0.15) is 18.1 Å². The summed E-state index contributed by atoms with van der Waals surface area (Å²) in [5.74, 6) is -0.407. The van der Waals surface area contributed by atoms with Gasteiger partial charge in [-0.1, -0.05) is 48.5 Å². The van der Waals surface area contributed by atoms with Crippen molar-refractivity contribution in [1.29, 1.82) is 0 Å². The Hall–Kier alpha value is -4.86. The number of benzene rings is 4. The van der Waals surface area contributed by atoms with Gasteiger partial charge < -0.3 is 24.6 Å². The van der Waals surface area contributed by atoms with E-state index in [0.29, 0.717) is 32.1 Å². The Morgan fingerprint density at radius 3 is 2.00 bits per heavy atom. The lowest BCUT2D eigenvalue weighted by Crippen LogP contribution is -2.46. The van der Waals surface area contributed by atoms with E-state index in [2.05, 4.69) is 51.1 Å². The number of anilines is 1. The van der Waals surface area contributed by atoms with Crippen LogP contribution in [-0.4, -0.2) is 91.0 Å². The van der Waals surface area contributed by atoms with E-state index in [0.717, 1.165) is 69.0 Å². The highest BCUT2D eigenvalue weighted by molar-refractivity contribution is 5.88. The Kier molecular flexibility index (Phi) is 12.2. The molecule has 1 aliphatic heterocycles.